The lowest BCUT2D eigenvalue weighted by atomic mass is 10.1. The van der Waals surface area contributed by atoms with Gasteiger partial charge in [0.15, 0.2) is 0 Å². The lowest BCUT2D eigenvalue weighted by Crippen LogP contribution is -2.17. The Morgan fingerprint density at radius 1 is 1.04 bits per heavy atom. The van der Waals surface area contributed by atoms with E-state index in [0.29, 0.717) is 17.9 Å². The molecule has 0 aromatic heterocycles. The van der Waals surface area contributed by atoms with Crippen LogP contribution in [0.3, 0.4) is 0 Å². The molecule has 142 valence electrons. The number of phenols is 2. The average Bonchev–Trinajstić information content (AvgIpc) is 2.66. The molecule has 0 saturated heterocycles. The summed E-state index contributed by atoms with van der Waals surface area (Å²) in [5.41, 5.74) is 5.38. The standard InChI is InChI=1S/C22H20N2O4/c1-15-5-4-6-16(9-15)14-28-21-8-3-2-7-17(21)13-23-24-22(27)18-10-19(25)12-20(26)11-18/h2-13,25-26H,14H2,1H3,(H,24,27)/b23-13-. The van der Waals surface area contributed by atoms with E-state index in [1.54, 1.807) is 0 Å². The van der Waals surface area contributed by atoms with E-state index in [4.69, 9.17) is 4.74 Å². The highest BCUT2D eigenvalue weighted by Crippen LogP contribution is 2.20. The molecule has 0 heterocycles. The molecule has 3 aromatic rings. The summed E-state index contributed by atoms with van der Waals surface area (Å²) in [7, 11) is 0. The van der Waals surface area contributed by atoms with Gasteiger partial charge in [-0.1, -0.05) is 42.0 Å². The van der Waals surface area contributed by atoms with Crippen molar-refractivity contribution in [3.63, 3.8) is 0 Å². The third-order valence-electron chi connectivity index (χ3n) is 3.93. The minimum atomic E-state index is -0.555. The quantitative estimate of drug-likeness (QED) is 0.451. The maximum atomic E-state index is 12.1. The van der Waals surface area contributed by atoms with E-state index < -0.39 is 5.91 Å². The fraction of sp³-hybridized carbons (Fsp3) is 0.0909. The summed E-state index contributed by atoms with van der Waals surface area (Å²) < 4.78 is 5.88. The van der Waals surface area contributed by atoms with Crippen molar-refractivity contribution in [2.75, 3.05) is 0 Å². The van der Waals surface area contributed by atoms with E-state index in [1.165, 1.54) is 18.3 Å². The maximum Gasteiger partial charge on any atom is 0.271 e. The average molecular weight is 376 g/mol. The molecule has 6 nitrogen and oxygen atoms in total. The number of benzene rings is 3. The van der Waals surface area contributed by atoms with Crippen LogP contribution in [0.4, 0.5) is 0 Å². The predicted octanol–water partition coefficient (Wildman–Crippen LogP) is 3.75. The van der Waals surface area contributed by atoms with Crippen LogP contribution >= 0.6 is 0 Å². The molecule has 3 rings (SSSR count). The van der Waals surface area contributed by atoms with Crippen LogP contribution in [0.25, 0.3) is 0 Å². The molecular formula is C22H20N2O4. The molecule has 0 atom stereocenters. The van der Waals surface area contributed by atoms with Gasteiger partial charge in [0.05, 0.1) is 6.21 Å². The molecular weight excluding hydrogens is 356 g/mol. The second-order valence-corrected chi connectivity index (χ2v) is 6.25. The Balaban J connectivity index is 1.66. The highest BCUT2D eigenvalue weighted by atomic mass is 16.5. The van der Waals surface area contributed by atoms with Gasteiger partial charge in [-0.05, 0) is 36.8 Å². The lowest BCUT2D eigenvalue weighted by Gasteiger charge is -2.09. The fourth-order valence-corrected chi connectivity index (χ4v) is 2.63. The van der Waals surface area contributed by atoms with Gasteiger partial charge in [0.25, 0.3) is 5.91 Å². The van der Waals surface area contributed by atoms with E-state index in [1.807, 2.05) is 49.4 Å². The number of phenolic OH excluding ortho intramolecular Hbond substituents is 2. The van der Waals surface area contributed by atoms with Crippen molar-refractivity contribution >= 4 is 12.1 Å². The number of nitrogens with one attached hydrogen (secondary N) is 1. The van der Waals surface area contributed by atoms with Crippen LogP contribution in [0.2, 0.25) is 0 Å². The van der Waals surface area contributed by atoms with E-state index in [2.05, 4.69) is 16.6 Å². The first-order valence-corrected chi connectivity index (χ1v) is 8.65. The zero-order valence-electron chi connectivity index (χ0n) is 15.3. The minimum Gasteiger partial charge on any atom is -0.508 e. The minimum absolute atomic E-state index is 0.0960. The topological polar surface area (TPSA) is 91.2 Å². The van der Waals surface area contributed by atoms with Crippen molar-refractivity contribution in [3.8, 4) is 17.2 Å². The van der Waals surface area contributed by atoms with Crippen LogP contribution in [-0.4, -0.2) is 22.3 Å². The van der Waals surface area contributed by atoms with Crippen molar-refractivity contribution < 1.29 is 19.7 Å². The van der Waals surface area contributed by atoms with Crippen LogP contribution < -0.4 is 10.2 Å². The van der Waals surface area contributed by atoms with Gasteiger partial charge in [0.1, 0.15) is 23.9 Å². The van der Waals surface area contributed by atoms with Gasteiger partial charge in [-0.3, -0.25) is 4.79 Å². The van der Waals surface area contributed by atoms with Gasteiger partial charge in [-0.15, -0.1) is 0 Å². The molecule has 0 saturated carbocycles. The Hall–Kier alpha value is -3.80. The van der Waals surface area contributed by atoms with E-state index in [-0.39, 0.29) is 17.1 Å². The number of aryl methyl sites for hydroxylation is 1. The molecule has 0 aliphatic rings. The second kappa shape index (κ2) is 8.73. The number of amides is 1. The molecule has 6 heteroatoms. The van der Waals surface area contributed by atoms with Gasteiger partial charge in [0.2, 0.25) is 0 Å². The zero-order valence-corrected chi connectivity index (χ0v) is 15.3. The third kappa shape index (κ3) is 5.11. The van der Waals surface area contributed by atoms with Gasteiger partial charge < -0.3 is 14.9 Å². The molecule has 3 N–H and O–H groups in total. The molecule has 0 aliphatic carbocycles. The largest absolute Gasteiger partial charge is 0.508 e. The first-order valence-electron chi connectivity index (χ1n) is 8.65. The molecule has 0 radical (unpaired) electrons. The number of nitrogens with zero attached hydrogens (tertiary/aromatic N) is 1. The van der Waals surface area contributed by atoms with Crippen molar-refractivity contribution in [2.24, 2.45) is 5.10 Å². The molecule has 0 bridgehead atoms. The van der Waals surface area contributed by atoms with Gasteiger partial charge >= 0.3 is 0 Å². The number of hydrazone groups is 1. The van der Waals surface area contributed by atoms with E-state index in [9.17, 15) is 15.0 Å². The number of rotatable bonds is 6. The van der Waals surface area contributed by atoms with E-state index in [0.717, 1.165) is 17.2 Å². The number of aromatic hydroxyl groups is 2. The zero-order chi connectivity index (χ0) is 19.9. The van der Waals surface area contributed by atoms with Crippen molar-refractivity contribution in [3.05, 3.63) is 89.0 Å². The summed E-state index contributed by atoms with van der Waals surface area (Å²) in [5.74, 6) is -0.328. The summed E-state index contributed by atoms with van der Waals surface area (Å²) >= 11 is 0. The Bertz CT molecular complexity index is 995. The van der Waals surface area contributed by atoms with Crippen LogP contribution in [0.1, 0.15) is 27.0 Å². The number of carbonyl (C=O) groups excluding carboxylic acids is 1. The Labute approximate surface area is 162 Å². The molecule has 0 aliphatic heterocycles. The van der Waals surface area contributed by atoms with Crippen LogP contribution in [0, 0.1) is 6.92 Å². The highest BCUT2D eigenvalue weighted by molar-refractivity contribution is 5.95. The van der Waals surface area contributed by atoms with Gasteiger partial charge in [0, 0.05) is 17.2 Å². The molecule has 0 spiro atoms. The molecule has 1 amide bonds. The number of para-hydroxylation sites is 1. The Morgan fingerprint density at radius 3 is 2.54 bits per heavy atom. The van der Waals surface area contributed by atoms with Crippen LogP contribution in [0.15, 0.2) is 71.8 Å². The molecule has 0 unspecified atom stereocenters. The highest BCUT2D eigenvalue weighted by Gasteiger charge is 2.08. The SMILES string of the molecule is Cc1cccc(COc2ccccc2/C=N\NC(=O)c2cc(O)cc(O)c2)c1. The Kier molecular flexibility index (Phi) is 5.91. The summed E-state index contributed by atoms with van der Waals surface area (Å²) in [5, 5.41) is 22.9. The fourth-order valence-electron chi connectivity index (χ4n) is 2.63. The number of carbonyl (C=O) groups is 1. The Morgan fingerprint density at radius 2 is 1.79 bits per heavy atom. The first-order chi connectivity index (χ1) is 13.5. The van der Waals surface area contributed by atoms with Crippen molar-refractivity contribution in [2.45, 2.75) is 13.5 Å². The number of hydrogen-bond acceptors (Lipinski definition) is 5. The van der Waals surface area contributed by atoms with Crippen LogP contribution in [-0.2, 0) is 6.61 Å². The summed E-state index contributed by atoms with van der Waals surface area (Å²) in [4.78, 5) is 12.1. The number of ether oxygens (including phenoxy) is 1. The van der Waals surface area contributed by atoms with E-state index >= 15 is 0 Å². The lowest BCUT2D eigenvalue weighted by molar-refractivity contribution is 0.0954. The molecule has 28 heavy (non-hydrogen) atoms. The molecule has 3 aromatic carbocycles. The molecule has 0 fully saturated rings. The summed E-state index contributed by atoms with van der Waals surface area (Å²) in [6, 6.07) is 19.0. The van der Waals surface area contributed by atoms with Gasteiger partial charge in [-0.2, -0.15) is 5.10 Å². The first kappa shape index (κ1) is 19.0. The van der Waals surface area contributed by atoms with Crippen molar-refractivity contribution in [1.82, 2.24) is 5.43 Å². The second-order valence-electron chi connectivity index (χ2n) is 6.25. The smallest absolute Gasteiger partial charge is 0.271 e. The summed E-state index contributed by atoms with van der Waals surface area (Å²) in [6.45, 7) is 2.44. The van der Waals surface area contributed by atoms with Gasteiger partial charge in [-0.25, -0.2) is 5.43 Å². The monoisotopic (exact) mass is 376 g/mol. The van der Waals surface area contributed by atoms with Crippen LogP contribution in [0.5, 0.6) is 17.2 Å². The third-order valence-corrected chi connectivity index (χ3v) is 3.93. The maximum absolute atomic E-state index is 12.1. The summed E-state index contributed by atoms with van der Waals surface area (Å²) in [6.07, 6.45) is 1.48. The van der Waals surface area contributed by atoms with Crippen molar-refractivity contribution in [1.29, 1.82) is 0 Å². The predicted molar refractivity (Wildman–Crippen MR) is 107 cm³/mol. The number of hydrogen-bond donors (Lipinski definition) is 3. The normalized spacial score (nSPS) is 10.8.